The van der Waals surface area contributed by atoms with E-state index in [-0.39, 0.29) is 17.2 Å². The summed E-state index contributed by atoms with van der Waals surface area (Å²) in [4.78, 5) is 24.7. The Morgan fingerprint density at radius 1 is 0.895 bits per heavy atom. The molecule has 192 valence electrons. The van der Waals surface area contributed by atoms with E-state index in [1.807, 2.05) is 6.07 Å². The lowest BCUT2D eigenvalue weighted by atomic mass is 9.98. The quantitative estimate of drug-likeness (QED) is 0.303. The molecule has 10 heteroatoms. The minimum Gasteiger partial charge on any atom is -0.497 e. The van der Waals surface area contributed by atoms with Crippen LogP contribution in [0.1, 0.15) is 15.9 Å². The van der Waals surface area contributed by atoms with Gasteiger partial charge in [0.2, 0.25) is 5.88 Å². The highest BCUT2D eigenvalue weighted by Gasteiger charge is 2.25. The molecule has 8 nitrogen and oxygen atoms in total. The van der Waals surface area contributed by atoms with E-state index in [4.69, 9.17) is 18.6 Å². The number of hydrogen-bond donors (Lipinski definition) is 1. The molecule has 0 bridgehead atoms. The molecule has 0 aliphatic carbocycles. The number of benzene rings is 3. The number of ether oxygens (including phenoxy) is 3. The maximum atomic E-state index is 13.8. The van der Waals surface area contributed by atoms with Crippen LogP contribution in [0, 0.1) is 23.0 Å². The van der Waals surface area contributed by atoms with Crippen LogP contribution in [0.25, 0.3) is 22.5 Å². The van der Waals surface area contributed by atoms with Crippen molar-refractivity contribution in [1.82, 2.24) is 0 Å². The summed E-state index contributed by atoms with van der Waals surface area (Å²) in [6.07, 6.45) is 0. The maximum absolute atomic E-state index is 13.8. The Bertz CT molecular complexity index is 1500. The molecule has 0 radical (unpaired) electrons. The van der Waals surface area contributed by atoms with E-state index in [9.17, 15) is 23.6 Å². The average molecular weight is 518 g/mol. The minimum absolute atomic E-state index is 0.0146. The number of hydrogen-bond acceptors (Lipinski definition) is 7. The van der Waals surface area contributed by atoms with Gasteiger partial charge in [0, 0.05) is 11.1 Å². The van der Waals surface area contributed by atoms with E-state index in [2.05, 4.69) is 5.32 Å². The van der Waals surface area contributed by atoms with Gasteiger partial charge in [0.05, 0.1) is 14.2 Å². The van der Waals surface area contributed by atoms with Gasteiger partial charge in [0.15, 0.2) is 6.61 Å². The van der Waals surface area contributed by atoms with E-state index in [0.717, 1.165) is 18.2 Å². The van der Waals surface area contributed by atoms with Crippen LogP contribution in [0.3, 0.4) is 0 Å². The highest BCUT2D eigenvalue weighted by Crippen LogP contribution is 2.42. The number of carbonyl (C=O) groups is 2. The Morgan fingerprint density at radius 3 is 1.97 bits per heavy atom. The molecule has 0 atom stereocenters. The molecule has 4 rings (SSSR count). The van der Waals surface area contributed by atoms with Gasteiger partial charge < -0.3 is 18.6 Å². The number of rotatable bonds is 8. The van der Waals surface area contributed by atoms with Gasteiger partial charge >= 0.3 is 5.97 Å². The zero-order valence-corrected chi connectivity index (χ0v) is 20.2. The van der Waals surface area contributed by atoms with E-state index in [0.29, 0.717) is 28.2 Å². The third-order valence-corrected chi connectivity index (χ3v) is 5.51. The van der Waals surface area contributed by atoms with Crippen LogP contribution in [0.4, 0.5) is 14.7 Å². The standard InChI is InChI=1S/C28H20F2N2O6/c1-35-18-10-6-16(7-11-18)24-20(14-31)27(38-26(24)17-8-12-19(36-2)13-9-17)32-23(33)15-37-28(34)25-21(29)4-3-5-22(25)30/h3-13H,15H2,1-2H3,(H,32,33). The average Bonchev–Trinajstić information content (AvgIpc) is 3.29. The molecule has 0 aliphatic heterocycles. The third kappa shape index (κ3) is 5.32. The summed E-state index contributed by atoms with van der Waals surface area (Å²) in [5.74, 6) is -3.19. The highest BCUT2D eigenvalue weighted by atomic mass is 19.1. The summed E-state index contributed by atoms with van der Waals surface area (Å²) in [5, 5.41) is 12.4. The number of halogens is 2. The predicted octanol–water partition coefficient (Wildman–Crippen LogP) is 5.58. The molecular weight excluding hydrogens is 498 g/mol. The van der Waals surface area contributed by atoms with Crippen molar-refractivity contribution in [3.8, 4) is 40.0 Å². The van der Waals surface area contributed by atoms with Crippen molar-refractivity contribution in [2.75, 3.05) is 26.1 Å². The number of furan rings is 1. The Kier molecular flexibility index (Phi) is 7.68. The first kappa shape index (κ1) is 25.9. The zero-order chi connectivity index (χ0) is 27.2. The summed E-state index contributed by atoms with van der Waals surface area (Å²) in [7, 11) is 3.05. The molecule has 38 heavy (non-hydrogen) atoms. The van der Waals surface area contributed by atoms with Crippen LogP contribution in [-0.4, -0.2) is 32.7 Å². The van der Waals surface area contributed by atoms with Crippen molar-refractivity contribution >= 4 is 17.8 Å². The number of carbonyl (C=O) groups excluding carboxylic acids is 2. The number of nitrogens with zero attached hydrogens (tertiary/aromatic N) is 1. The lowest BCUT2D eigenvalue weighted by Gasteiger charge is -2.06. The first-order valence-corrected chi connectivity index (χ1v) is 11.1. The van der Waals surface area contributed by atoms with Crippen molar-refractivity contribution in [1.29, 1.82) is 5.26 Å². The Labute approximate surface area is 216 Å². The number of nitrogens with one attached hydrogen (secondary N) is 1. The molecule has 4 aromatic rings. The first-order valence-electron chi connectivity index (χ1n) is 11.1. The van der Waals surface area contributed by atoms with Crippen LogP contribution >= 0.6 is 0 Å². The number of methoxy groups -OCH3 is 2. The molecular formula is C28H20F2N2O6. The number of nitriles is 1. The van der Waals surface area contributed by atoms with Crippen molar-refractivity contribution in [2.45, 2.75) is 0 Å². The lowest BCUT2D eigenvalue weighted by Crippen LogP contribution is -2.22. The Morgan fingerprint density at radius 2 is 1.45 bits per heavy atom. The smallest absolute Gasteiger partial charge is 0.344 e. The zero-order valence-electron chi connectivity index (χ0n) is 20.2. The van der Waals surface area contributed by atoms with Gasteiger partial charge in [0.25, 0.3) is 5.91 Å². The largest absolute Gasteiger partial charge is 0.497 e. The van der Waals surface area contributed by atoms with Crippen molar-refractivity contribution in [3.05, 3.63) is 89.5 Å². The van der Waals surface area contributed by atoms with Crippen LogP contribution < -0.4 is 14.8 Å². The van der Waals surface area contributed by atoms with Crippen molar-refractivity contribution < 1.29 is 37.0 Å². The van der Waals surface area contributed by atoms with E-state index in [1.165, 1.54) is 14.2 Å². The van der Waals surface area contributed by atoms with Crippen LogP contribution in [0.5, 0.6) is 11.5 Å². The van der Waals surface area contributed by atoms with Crippen molar-refractivity contribution in [3.63, 3.8) is 0 Å². The highest BCUT2D eigenvalue weighted by molar-refractivity contribution is 5.98. The molecule has 0 unspecified atom stereocenters. The summed E-state index contributed by atoms with van der Waals surface area (Å²) in [6.45, 7) is -0.881. The van der Waals surface area contributed by atoms with Gasteiger partial charge in [-0.2, -0.15) is 5.26 Å². The van der Waals surface area contributed by atoms with E-state index < -0.39 is 35.7 Å². The molecule has 1 aromatic heterocycles. The normalized spacial score (nSPS) is 10.4. The molecule has 1 heterocycles. The van der Waals surface area contributed by atoms with Crippen LogP contribution in [0.15, 0.2) is 71.1 Å². The van der Waals surface area contributed by atoms with E-state index >= 15 is 0 Å². The van der Waals surface area contributed by atoms with Gasteiger partial charge in [-0.3, -0.25) is 10.1 Å². The predicted molar refractivity (Wildman–Crippen MR) is 133 cm³/mol. The third-order valence-electron chi connectivity index (χ3n) is 5.51. The molecule has 0 saturated carbocycles. The van der Waals surface area contributed by atoms with Gasteiger partial charge in [-0.05, 0) is 54.1 Å². The Hall–Kier alpha value is -5.17. The van der Waals surface area contributed by atoms with Gasteiger partial charge in [-0.15, -0.1) is 0 Å². The number of amides is 1. The second kappa shape index (κ2) is 11.3. The summed E-state index contributed by atoms with van der Waals surface area (Å²) < 4.78 is 48.8. The van der Waals surface area contributed by atoms with Gasteiger partial charge in [-0.25, -0.2) is 13.6 Å². The maximum Gasteiger partial charge on any atom is 0.344 e. The van der Waals surface area contributed by atoms with Crippen LogP contribution in [0.2, 0.25) is 0 Å². The summed E-state index contributed by atoms with van der Waals surface area (Å²) in [6, 6.07) is 18.7. The molecule has 0 spiro atoms. The minimum atomic E-state index is -1.35. The number of esters is 1. The second-order valence-corrected chi connectivity index (χ2v) is 7.80. The van der Waals surface area contributed by atoms with Crippen LogP contribution in [-0.2, 0) is 9.53 Å². The second-order valence-electron chi connectivity index (χ2n) is 7.80. The van der Waals surface area contributed by atoms with E-state index in [1.54, 1.807) is 48.5 Å². The Balaban J connectivity index is 1.65. The molecule has 0 saturated heterocycles. The molecule has 1 N–H and O–H groups in total. The van der Waals surface area contributed by atoms with Gasteiger partial charge in [-0.1, -0.05) is 18.2 Å². The topological polar surface area (TPSA) is 111 Å². The lowest BCUT2D eigenvalue weighted by molar-refractivity contribution is -0.119. The first-order chi connectivity index (χ1) is 18.4. The van der Waals surface area contributed by atoms with Crippen molar-refractivity contribution in [2.24, 2.45) is 0 Å². The fraction of sp³-hybridized carbons (Fsp3) is 0.107. The molecule has 3 aromatic carbocycles. The fourth-order valence-electron chi connectivity index (χ4n) is 3.66. The molecule has 1 amide bonds. The summed E-state index contributed by atoms with van der Waals surface area (Å²) in [5.41, 5.74) is 0.704. The fourth-order valence-corrected chi connectivity index (χ4v) is 3.66. The molecule has 0 fully saturated rings. The van der Waals surface area contributed by atoms with Gasteiger partial charge in [0.1, 0.15) is 46.1 Å². The SMILES string of the molecule is COc1ccc(-c2oc(NC(=O)COC(=O)c3c(F)cccc3F)c(C#N)c2-c2ccc(OC)cc2)cc1. The number of anilines is 1. The molecule has 0 aliphatic rings. The monoisotopic (exact) mass is 518 g/mol. The summed E-state index contributed by atoms with van der Waals surface area (Å²) >= 11 is 0.